The van der Waals surface area contributed by atoms with Gasteiger partial charge in [0.25, 0.3) is 5.91 Å². The predicted octanol–water partition coefficient (Wildman–Crippen LogP) is 7.07. The number of hydrogen-bond donors (Lipinski definition) is 0. The van der Waals surface area contributed by atoms with Crippen molar-refractivity contribution in [2.75, 3.05) is 35.5 Å². The number of rotatable bonds is 9. The minimum absolute atomic E-state index is 0.161. The number of furan rings is 1. The Morgan fingerprint density at radius 1 is 0.700 bits per heavy atom. The van der Waals surface area contributed by atoms with Gasteiger partial charge >= 0.3 is 0 Å². The van der Waals surface area contributed by atoms with Gasteiger partial charge in [0.05, 0.1) is 34.0 Å². The van der Waals surface area contributed by atoms with Crippen LogP contribution in [0.15, 0.2) is 89.3 Å². The highest BCUT2D eigenvalue weighted by atomic mass is 16.5. The molecule has 4 aromatic carbocycles. The van der Waals surface area contributed by atoms with Gasteiger partial charge in [-0.1, -0.05) is 30.3 Å². The van der Waals surface area contributed by atoms with E-state index in [2.05, 4.69) is 0 Å². The summed E-state index contributed by atoms with van der Waals surface area (Å²) in [6.45, 7) is 0.448. The lowest BCUT2D eigenvalue weighted by Crippen LogP contribution is -2.26. The number of ether oxygens (including phenoxy) is 4. The van der Waals surface area contributed by atoms with Crippen molar-refractivity contribution in [1.29, 1.82) is 0 Å². The highest BCUT2D eigenvalue weighted by Crippen LogP contribution is 2.46. The van der Waals surface area contributed by atoms with Crippen LogP contribution in [0.3, 0.4) is 0 Å². The van der Waals surface area contributed by atoms with Crippen molar-refractivity contribution in [3.8, 4) is 45.4 Å². The number of fused-ring (bicyclic) bond motifs is 1. The van der Waals surface area contributed by atoms with E-state index < -0.39 is 0 Å². The Bertz CT molecular complexity index is 1620. The third kappa shape index (κ3) is 5.18. The number of benzene rings is 4. The van der Waals surface area contributed by atoms with E-state index >= 15 is 0 Å². The van der Waals surface area contributed by atoms with Crippen LogP contribution in [-0.4, -0.2) is 46.3 Å². The average molecular weight is 538 g/mol. The molecule has 0 bridgehead atoms. The molecule has 5 aromatic rings. The van der Waals surface area contributed by atoms with Crippen LogP contribution in [0.4, 0.5) is 0 Å². The Morgan fingerprint density at radius 3 is 1.90 bits per heavy atom. The fourth-order valence-electron chi connectivity index (χ4n) is 4.80. The molecule has 204 valence electrons. The molecule has 0 aliphatic carbocycles. The van der Waals surface area contributed by atoms with Crippen molar-refractivity contribution >= 4 is 16.9 Å². The monoisotopic (exact) mass is 537 g/mol. The van der Waals surface area contributed by atoms with Crippen LogP contribution in [0.25, 0.3) is 33.4 Å². The molecule has 0 atom stereocenters. The Hall–Kier alpha value is -4.91. The molecule has 0 aliphatic rings. The van der Waals surface area contributed by atoms with E-state index in [1.165, 1.54) is 0 Å². The first-order valence-corrected chi connectivity index (χ1v) is 12.8. The lowest BCUT2D eigenvalue weighted by atomic mass is 9.94. The van der Waals surface area contributed by atoms with Gasteiger partial charge in [0.1, 0.15) is 34.3 Å². The molecule has 0 N–H and O–H groups in total. The molecule has 7 heteroatoms. The van der Waals surface area contributed by atoms with Crippen molar-refractivity contribution in [3.05, 3.63) is 96.1 Å². The molecule has 0 unspecified atom stereocenters. The molecular formula is C33H31NO6. The Kier molecular flexibility index (Phi) is 7.64. The number of amides is 1. The summed E-state index contributed by atoms with van der Waals surface area (Å²) in [6, 6.07) is 26.7. The van der Waals surface area contributed by atoms with Crippen LogP contribution in [-0.2, 0) is 6.54 Å². The van der Waals surface area contributed by atoms with Crippen LogP contribution >= 0.6 is 0 Å². The molecule has 0 spiro atoms. The molecule has 0 saturated carbocycles. The first-order chi connectivity index (χ1) is 19.4. The highest BCUT2D eigenvalue weighted by molar-refractivity contribution is 6.14. The van der Waals surface area contributed by atoms with Gasteiger partial charge in [-0.25, -0.2) is 0 Å². The summed E-state index contributed by atoms with van der Waals surface area (Å²) >= 11 is 0. The van der Waals surface area contributed by atoms with Crippen LogP contribution in [0.2, 0.25) is 0 Å². The van der Waals surface area contributed by atoms with E-state index in [1.54, 1.807) is 52.5 Å². The van der Waals surface area contributed by atoms with E-state index in [9.17, 15) is 4.79 Å². The Morgan fingerprint density at radius 2 is 1.30 bits per heavy atom. The molecule has 1 amide bonds. The highest BCUT2D eigenvalue weighted by Gasteiger charge is 2.26. The van der Waals surface area contributed by atoms with Crippen molar-refractivity contribution in [1.82, 2.24) is 4.90 Å². The average Bonchev–Trinajstić information content (AvgIpc) is 3.40. The van der Waals surface area contributed by atoms with E-state index in [0.717, 1.165) is 28.0 Å². The zero-order chi connectivity index (χ0) is 28.2. The minimum atomic E-state index is -0.161. The zero-order valence-electron chi connectivity index (χ0n) is 23.2. The molecule has 7 nitrogen and oxygen atoms in total. The smallest absolute Gasteiger partial charge is 0.254 e. The Labute approximate surface area is 233 Å². The van der Waals surface area contributed by atoms with Crippen molar-refractivity contribution in [2.24, 2.45) is 0 Å². The van der Waals surface area contributed by atoms with Crippen molar-refractivity contribution in [3.63, 3.8) is 0 Å². The summed E-state index contributed by atoms with van der Waals surface area (Å²) in [5.41, 5.74) is 4.37. The number of carbonyl (C=O) groups excluding carboxylic acids is 1. The van der Waals surface area contributed by atoms with Gasteiger partial charge in [-0.2, -0.15) is 0 Å². The number of nitrogens with zero attached hydrogens (tertiary/aromatic N) is 1. The van der Waals surface area contributed by atoms with Gasteiger partial charge in [-0.05, 0) is 53.6 Å². The standard InChI is InChI=1S/C33H31NO6/c1-34(20-21-9-7-6-8-10-21)33(35)28-18-27(39-5)19-29-31(28)30(23-15-25(37-3)17-26(16-23)38-4)32(40-29)22-11-13-24(36-2)14-12-22/h6-19H,20H2,1-5H3. The topological polar surface area (TPSA) is 70.4 Å². The molecule has 1 aromatic heterocycles. The van der Waals surface area contributed by atoms with Crippen LogP contribution in [0.5, 0.6) is 23.0 Å². The van der Waals surface area contributed by atoms with Crippen molar-refractivity contribution in [2.45, 2.75) is 6.54 Å². The van der Waals surface area contributed by atoms with Gasteiger partial charge in [-0.3, -0.25) is 4.79 Å². The summed E-state index contributed by atoms with van der Waals surface area (Å²) in [4.78, 5) is 15.7. The predicted molar refractivity (Wildman–Crippen MR) is 156 cm³/mol. The summed E-state index contributed by atoms with van der Waals surface area (Å²) in [7, 11) is 8.20. The van der Waals surface area contributed by atoms with Crippen LogP contribution in [0, 0.1) is 0 Å². The number of carbonyl (C=O) groups is 1. The molecule has 1 heterocycles. The van der Waals surface area contributed by atoms with Crippen LogP contribution in [0.1, 0.15) is 15.9 Å². The summed E-state index contributed by atoms with van der Waals surface area (Å²) in [6.07, 6.45) is 0. The molecular weight excluding hydrogens is 506 g/mol. The maximum atomic E-state index is 14.1. The number of hydrogen-bond acceptors (Lipinski definition) is 6. The van der Waals surface area contributed by atoms with Gasteiger partial charge < -0.3 is 28.3 Å². The first-order valence-electron chi connectivity index (χ1n) is 12.8. The largest absolute Gasteiger partial charge is 0.497 e. The summed E-state index contributed by atoms with van der Waals surface area (Å²) in [5.74, 6) is 2.92. The SMILES string of the molecule is COc1ccc(-c2oc3cc(OC)cc(C(=O)N(C)Cc4ccccc4)c3c2-c2cc(OC)cc(OC)c2)cc1. The lowest BCUT2D eigenvalue weighted by molar-refractivity contribution is 0.0786. The van der Waals surface area contributed by atoms with Gasteiger partial charge in [0.2, 0.25) is 0 Å². The first kappa shape index (κ1) is 26.7. The minimum Gasteiger partial charge on any atom is -0.497 e. The van der Waals surface area contributed by atoms with Gasteiger partial charge in [0.15, 0.2) is 0 Å². The van der Waals surface area contributed by atoms with Gasteiger partial charge in [0, 0.05) is 42.2 Å². The molecule has 0 saturated heterocycles. The second kappa shape index (κ2) is 11.5. The second-order valence-corrected chi connectivity index (χ2v) is 9.33. The third-order valence-electron chi connectivity index (χ3n) is 6.83. The van der Waals surface area contributed by atoms with Gasteiger partial charge in [-0.15, -0.1) is 0 Å². The van der Waals surface area contributed by atoms with Crippen LogP contribution < -0.4 is 18.9 Å². The molecule has 0 radical (unpaired) electrons. The van der Waals surface area contributed by atoms with E-state index in [4.69, 9.17) is 23.4 Å². The maximum Gasteiger partial charge on any atom is 0.254 e. The summed E-state index contributed by atoms with van der Waals surface area (Å²) in [5, 5.41) is 0.673. The molecule has 0 aliphatic heterocycles. The maximum absolute atomic E-state index is 14.1. The zero-order valence-corrected chi connectivity index (χ0v) is 23.2. The normalized spacial score (nSPS) is 10.8. The fourth-order valence-corrected chi connectivity index (χ4v) is 4.80. The molecule has 5 rings (SSSR count). The summed E-state index contributed by atoms with van der Waals surface area (Å²) < 4.78 is 28.6. The van der Waals surface area contributed by atoms with E-state index in [0.29, 0.717) is 46.1 Å². The quantitative estimate of drug-likeness (QED) is 0.200. The van der Waals surface area contributed by atoms with Crippen molar-refractivity contribution < 1.29 is 28.2 Å². The lowest BCUT2D eigenvalue weighted by Gasteiger charge is -2.19. The van der Waals surface area contributed by atoms with E-state index in [1.807, 2.05) is 72.8 Å². The second-order valence-electron chi connectivity index (χ2n) is 9.33. The molecule has 40 heavy (non-hydrogen) atoms. The molecule has 0 fully saturated rings. The van der Waals surface area contributed by atoms with E-state index in [-0.39, 0.29) is 5.91 Å². The Balaban J connectivity index is 1.77. The number of methoxy groups -OCH3 is 4. The third-order valence-corrected chi connectivity index (χ3v) is 6.83. The fraction of sp³-hybridized carbons (Fsp3) is 0.182.